The van der Waals surface area contributed by atoms with Gasteiger partial charge in [0.1, 0.15) is 5.69 Å². The zero-order valence-corrected chi connectivity index (χ0v) is 14.2. The van der Waals surface area contributed by atoms with Gasteiger partial charge in [-0.3, -0.25) is 4.79 Å². The van der Waals surface area contributed by atoms with Crippen molar-refractivity contribution in [3.8, 4) is 22.5 Å². The summed E-state index contributed by atoms with van der Waals surface area (Å²) in [4.78, 5) is 20.5. The van der Waals surface area contributed by atoms with Crippen LogP contribution >= 0.6 is 0 Å². The lowest BCUT2D eigenvalue weighted by atomic mass is 10.0. The van der Waals surface area contributed by atoms with Crippen LogP contribution in [0.1, 0.15) is 11.3 Å². The van der Waals surface area contributed by atoms with Crippen molar-refractivity contribution in [2.75, 3.05) is 0 Å². The second-order valence-electron chi connectivity index (χ2n) is 6.13. The summed E-state index contributed by atoms with van der Waals surface area (Å²) in [5, 5.41) is 0. The highest BCUT2D eigenvalue weighted by molar-refractivity contribution is 5.66. The molecule has 0 radical (unpaired) electrons. The summed E-state index contributed by atoms with van der Waals surface area (Å²) in [5.74, 6) is 0. The van der Waals surface area contributed by atoms with Gasteiger partial charge in [-0.25, -0.2) is 4.98 Å². The summed E-state index contributed by atoms with van der Waals surface area (Å²) < 4.78 is 0. The minimum Gasteiger partial charge on any atom is -0.318 e. The van der Waals surface area contributed by atoms with Gasteiger partial charge in [-0.1, -0.05) is 91.0 Å². The standard InChI is InChI=1S/C23H18N2O/c26-23-22(19-14-8-3-9-15-19)24-20(16-17-10-4-1-5-11-17)21(25-23)18-12-6-2-7-13-18/h1-15H,16H2,(H,25,26). The van der Waals surface area contributed by atoms with E-state index in [1.54, 1.807) is 0 Å². The van der Waals surface area contributed by atoms with E-state index in [0.29, 0.717) is 12.1 Å². The topological polar surface area (TPSA) is 45.8 Å². The minimum atomic E-state index is -0.174. The Balaban J connectivity index is 1.88. The van der Waals surface area contributed by atoms with E-state index >= 15 is 0 Å². The number of H-pyrrole nitrogens is 1. The molecule has 126 valence electrons. The molecule has 3 nitrogen and oxygen atoms in total. The number of aromatic amines is 1. The number of rotatable bonds is 4. The summed E-state index contributed by atoms with van der Waals surface area (Å²) in [6.45, 7) is 0. The van der Waals surface area contributed by atoms with Crippen molar-refractivity contribution >= 4 is 0 Å². The van der Waals surface area contributed by atoms with E-state index in [-0.39, 0.29) is 5.56 Å². The lowest BCUT2D eigenvalue weighted by Gasteiger charge is -2.11. The van der Waals surface area contributed by atoms with Gasteiger partial charge in [0, 0.05) is 12.0 Å². The van der Waals surface area contributed by atoms with Crippen LogP contribution in [0.5, 0.6) is 0 Å². The minimum absolute atomic E-state index is 0.174. The predicted octanol–water partition coefficient (Wildman–Crippen LogP) is 4.69. The number of hydrogen-bond donors (Lipinski definition) is 1. The SMILES string of the molecule is O=c1[nH]c(-c2ccccc2)c(Cc2ccccc2)nc1-c1ccccc1. The van der Waals surface area contributed by atoms with Gasteiger partial charge in [0.15, 0.2) is 0 Å². The number of nitrogens with one attached hydrogen (secondary N) is 1. The summed E-state index contributed by atoms with van der Waals surface area (Å²) >= 11 is 0. The Bertz CT molecular complexity index is 1060. The Morgan fingerprint density at radius 1 is 0.692 bits per heavy atom. The Kier molecular flexibility index (Phi) is 4.44. The molecule has 3 aromatic carbocycles. The molecule has 0 aliphatic heterocycles. The maximum absolute atomic E-state index is 12.7. The first-order valence-corrected chi connectivity index (χ1v) is 8.59. The molecule has 0 fully saturated rings. The van der Waals surface area contributed by atoms with Gasteiger partial charge in [-0.15, -0.1) is 0 Å². The summed E-state index contributed by atoms with van der Waals surface area (Å²) in [7, 11) is 0. The van der Waals surface area contributed by atoms with Gasteiger partial charge in [-0.05, 0) is 11.1 Å². The van der Waals surface area contributed by atoms with Crippen LogP contribution in [0.25, 0.3) is 22.5 Å². The van der Waals surface area contributed by atoms with Crippen LogP contribution in [0.15, 0.2) is 95.8 Å². The summed E-state index contributed by atoms with van der Waals surface area (Å²) in [6.07, 6.45) is 0.654. The van der Waals surface area contributed by atoms with Crippen LogP contribution in [-0.4, -0.2) is 9.97 Å². The number of hydrogen-bond acceptors (Lipinski definition) is 2. The lowest BCUT2D eigenvalue weighted by Crippen LogP contribution is -2.15. The molecule has 0 saturated carbocycles. The molecule has 0 aliphatic rings. The first-order valence-electron chi connectivity index (χ1n) is 8.59. The second-order valence-corrected chi connectivity index (χ2v) is 6.13. The molecule has 1 heterocycles. The van der Waals surface area contributed by atoms with Crippen molar-refractivity contribution in [2.24, 2.45) is 0 Å². The van der Waals surface area contributed by atoms with E-state index in [0.717, 1.165) is 28.1 Å². The van der Waals surface area contributed by atoms with Crippen molar-refractivity contribution < 1.29 is 0 Å². The maximum atomic E-state index is 12.7. The summed E-state index contributed by atoms with van der Waals surface area (Å²) in [5.41, 5.74) is 4.86. The molecule has 4 aromatic rings. The highest BCUT2D eigenvalue weighted by Crippen LogP contribution is 2.23. The van der Waals surface area contributed by atoms with Gasteiger partial charge < -0.3 is 4.98 Å². The van der Waals surface area contributed by atoms with Crippen molar-refractivity contribution in [1.82, 2.24) is 9.97 Å². The van der Waals surface area contributed by atoms with Gasteiger partial charge >= 0.3 is 0 Å². The van der Waals surface area contributed by atoms with E-state index < -0.39 is 0 Å². The predicted molar refractivity (Wildman–Crippen MR) is 105 cm³/mol. The molecule has 0 saturated heterocycles. The van der Waals surface area contributed by atoms with Crippen LogP contribution < -0.4 is 5.56 Å². The highest BCUT2D eigenvalue weighted by atomic mass is 16.1. The molecule has 3 heteroatoms. The Hall–Kier alpha value is -3.46. The van der Waals surface area contributed by atoms with E-state index in [9.17, 15) is 4.79 Å². The quantitative estimate of drug-likeness (QED) is 0.586. The summed E-state index contributed by atoms with van der Waals surface area (Å²) in [6, 6.07) is 29.6. The highest BCUT2D eigenvalue weighted by Gasteiger charge is 2.14. The number of benzene rings is 3. The van der Waals surface area contributed by atoms with Crippen LogP contribution in [-0.2, 0) is 6.42 Å². The van der Waals surface area contributed by atoms with Crippen LogP contribution in [0, 0.1) is 0 Å². The molecule has 1 aromatic heterocycles. The fourth-order valence-electron chi connectivity index (χ4n) is 3.04. The van der Waals surface area contributed by atoms with E-state index in [1.165, 1.54) is 0 Å². The van der Waals surface area contributed by atoms with Crippen LogP contribution in [0.4, 0.5) is 0 Å². The Morgan fingerprint density at radius 2 is 1.23 bits per heavy atom. The van der Waals surface area contributed by atoms with Gasteiger partial charge in [0.2, 0.25) is 0 Å². The van der Waals surface area contributed by atoms with Gasteiger partial charge in [-0.2, -0.15) is 0 Å². The van der Waals surface area contributed by atoms with Crippen molar-refractivity contribution in [2.45, 2.75) is 6.42 Å². The Morgan fingerprint density at radius 3 is 1.85 bits per heavy atom. The average molecular weight is 338 g/mol. The zero-order valence-electron chi connectivity index (χ0n) is 14.2. The first kappa shape index (κ1) is 16.0. The molecule has 0 bridgehead atoms. The fourth-order valence-corrected chi connectivity index (χ4v) is 3.04. The molecule has 26 heavy (non-hydrogen) atoms. The van der Waals surface area contributed by atoms with Crippen molar-refractivity contribution in [3.63, 3.8) is 0 Å². The smallest absolute Gasteiger partial charge is 0.274 e. The number of nitrogens with zero attached hydrogens (tertiary/aromatic N) is 1. The monoisotopic (exact) mass is 338 g/mol. The van der Waals surface area contributed by atoms with E-state index in [2.05, 4.69) is 17.1 Å². The average Bonchev–Trinajstić information content (AvgIpc) is 2.71. The normalized spacial score (nSPS) is 10.6. The van der Waals surface area contributed by atoms with Gasteiger partial charge in [0.25, 0.3) is 5.56 Å². The fraction of sp³-hybridized carbons (Fsp3) is 0.0435. The van der Waals surface area contributed by atoms with Crippen LogP contribution in [0.2, 0.25) is 0 Å². The van der Waals surface area contributed by atoms with Gasteiger partial charge in [0.05, 0.1) is 11.4 Å². The molecule has 4 rings (SSSR count). The van der Waals surface area contributed by atoms with E-state index in [4.69, 9.17) is 4.98 Å². The molecule has 0 atom stereocenters. The molecule has 1 N–H and O–H groups in total. The molecular formula is C23H18N2O. The third kappa shape index (κ3) is 3.33. The third-order valence-electron chi connectivity index (χ3n) is 4.31. The second kappa shape index (κ2) is 7.19. The molecule has 0 aliphatic carbocycles. The maximum Gasteiger partial charge on any atom is 0.274 e. The lowest BCUT2D eigenvalue weighted by molar-refractivity contribution is 1.02. The molecular weight excluding hydrogens is 320 g/mol. The van der Waals surface area contributed by atoms with Crippen molar-refractivity contribution in [1.29, 1.82) is 0 Å². The van der Waals surface area contributed by atoms with Crippen LogP contribution in [0.3, 0.4) is 0 Å². The zero-order chi connectivity index (χ0) is 17.8. The molecule has 0 spiro atoms. The number of aromatic nitrogens is 2. The largest absolute Gasteiger partial charge is 0.318 e. The van der Waals surface area contributed by atoms with E-state index in [1.807, 2.05) is 78.9 Å². The third-order valence-corrected chi connectivity index (χ3v) is 4.31. The Labute approximate surface area is 152 Å². The van der Waals surface area contributed by atoms with Crippen molar-refractivity contribution in [3.05, 3.63) is 113 Å². The molecule has 0 unspecified atom stereocenters. The molecule has 0 amide bonds. The first-order chi connectivity index (χ1) is 12.8.